The molecule has 1 atom stereocenters. The molecule has 1 N–H and O–H groups in total. The average Bonchev–Trinajstić information content (AvgIpc) is 2.97. The lowest BCUT2D eigenvalue weighted by atomic mass is 9.88. The van der Waals surface area contributed by atoms with Gasteiger partial charge in [-0.05, 0) is 42.9 Å². The third-order valence-corrected chi connectivity index (χ3v) is 5.50. The quantitative estimate of drug-likeness (QED) is 0.909. The zero-order valence-corrected chi connectivity index (χ0v) is 13.9. The van der Waals surface area contributed by atoms with E-state index in [1.54, 1.807) is 11.3 Å². The first-order valence-corrected chi connectivity index (χ1v) is 8.89. The van der Waals surface area contributed by atoms with Crippen LogP contribution in [-0.4, -0.2) is 19.1 Å². The van der Waals surface area contributed by atoms with Crippen LogP contribution in [0.2, 0.25) is 0 Å². The molecule has 0 fully saturated rings. The van der Waals surface area contributed by atoms with E-state index >= 15 is 0 Å². The van der Waals surface area contributed by atoms with Gasteiger partial charge in [0.15, 0.2) is 11.5 Å². The van der Waals surface area contributed by atoms with Crippen molar-refractivity contribution in [2.75, 3.05) is 18.5 Å². The van der Waals surface area contributed by atoms with Crippen molar-refractivity contribution in [2.24, 2.45) is 5.92 Å². The molecular weight excluding hydrogens is 310 g/mol. The maximum Gasteiger partial charge on any atom is 0.256 e. The minimum Gasteiger partial charge on any atom is -0.486 e. The van der Waals surface area contributed by atoms with Crippen LogP contribution in [0.5, 0.6) is 11.5 Å². The number of hydrogen-bond donors (Lipinski definition) is 1. The van der Waals surface area contributed by atoms with Crippen LogP contribution in [0.15, 0.2) is 23.6 Å². The molecule has 0 radical (unpaired) electrons. The van der Waals surface area contributed by atoms with Gasteiger partial charge < -0.3 is 14.8 Å². The molecule has 2 heterocycles. The summed E-state index contributed by atoms with van der Waals surface area (Å²) in [6.45, 7) is 3.39. The number of ether oxygens (including phenoxy) is 2. The Bertz CT molecular complexity index is 753. The molecule has 0 saturated carbocycles. The van der Waals surface area contributed by atoms with Crippen LogP contribution in [0, 0.1) is 5.92 Å². The summed E-state index contributed by atoms with van der Waals surface area (Å²) in [6.07, 6.45) is 3.26. The van der Waals surface area contributed by atoms with Gasteiger partial charge in [-0.15, -0.1) is 11.3 Å². The first kappa shape index (κ1) is 14.6. The molecule has 4 nitrogen and oxygen atoms in total. The van der Waals surface area contributed by atoms with Gasteiger partial charge in [0.25, 0.3) is 5.91 Å². The van der Waals surface area contributed by atoms with Crippen molar-refractivity contribution in [2.45, 2.75) is 26.2 Å². The second-order valence-electron chi connectivity index (χ2n) is 6.21. The Morgan fingerprint density at radius 2 is 2.09 bits per heavy atom. The van der Waals surface area contributed by atoms with Gasteiger partial charge in [-0.25, -0.2) is 0 Å². The molecule has 2 aliphatic rings. The molecule has 23 heavy (non-hydrogen) atoms. The largest absolute Gasteiger partial charge is 0.486 e. The van der Waals surface area contributed by atoms with Crippen molar-refractivity contribution < 1.29 is 14.3 Å². The van der Waals surface area contributed by atoms with Crippen LogP contribution in [0.4, 0.5) is 5.69 Å². The summed E-state index contributed by atoms with van der Waals surface area (Å²) in [5, 5.41) is 4.98. The Morgan fingerprint density at radius 1 is 1.26 bits per heavy atom. The van der Waals surface area contributed by atoms with Crippen LogP contribution < -0.4 is 14.8 Å². The Balaban J connectivity index is 1.54. The smallest absolute Gasteiger partial charge is 0.256 e. The van der Waals surface area contributed by atoms with E-state index in [0.29, 0.717) is 19.0 Å². The second kappa shape index (κ2) is 5.89. The molecular formula is C18H19NO3S. The van der Waals surface area contributed by atoms with Crippen molar-refractivity contribution in [1.29, 1.82) is 0 Å². The molecule has 1 aromatic heterocycles. The van der Waals surface area contributed by atoms with E-state index in [4.69, 9.17) is 9.47 Å². The van der Waals surface area contributed by atoms with E-state index in [1.165, 1.54) is 10.4 Å². The van der Waals surface area contributed by atoms with Crippen LogP contribution in [0.25, 0.3) is 0 Å². The highest BCUT2D eigenvalue weighted by molar-refractivity contribution is 7.10. The number of rotatable bonds is 2. The SMILES string of the molecule is C[C@@H]1CCc2c(C(=O)Nc3ccc4c(c3)OCCO4)csc2C1. The lowest BCUT2D eigenvalue weighted by Gasteiger charge is -2.20. The normalized spacial score (nSPS) is 19.1. The molecule has 1 aliphatic carbocycles. The van der Waals surface area contributed by atoms with Gasteiger partial charge in [-0.1, -0.05) is 6.92 Å². The number of nitrogens with one attached hydrogen (secondary N) is 1. The van der Waals surface area contributed by atoms with E-state index < -0.39 is 0 Å². The van der Waals surface area contributed by atoms with Gasteiger partial charge >= 0.3 is 0 Å². The van der Waals surface area contributed by atoms with Gasteiger partial charge in [0.05, 0.1) is 5.56 Å². The highest BCUT2D eigenvalue weighted by Gasteiger charge is 2.23. The first-order chi connectivity index (χ1) is 11.2. The van der Waals surface area contributed by atoms with Crippen molar-refractivity contribution in [1.82, 2.24) is 0 Å². The fourth-order valence-electron chi connectivity index (χ4n) is 3.19. The second-order valence-corrected chi connectivity index (χ2v) is 7.18. The highest BCUT2D eigenvalue weighted by atomic mass is 32.1. The maximum atomic E-state index is 12.6. The molecule has 0 spiro atoms. The maximum absolute atomic E-state index is 12.6. The molecule has 5 heteroatoms. The third kappa shape index (κ3) is 2.81. The fraction of sp³-hybridized carbons (Fsp3) is 0.389. The summed E-state index contributed by atoms with van der Waals surface area (Å²) in [7, 11) is 0. The molecule has 0 saturated heterocycles. The van der Waals surface area contributed by atoms with E-state index in [1.807, 2.05) is 23.6 Å². The number of carbonyl (C=O) groups excluding carboxylic acids is 1. The number of benzene rings is 1. The van der Waals surface area contributed by atoms with Gasteiger partial charge in [0.2, 0.25) is 0 Å². The third-order valence-electron chi connectivity index (χ3n) is 4.45. The Labute approximate surface area is 139 Å². The number of fused-ring (bicyclic) bond motifs is 2. The summed E-state index contributed by atoms with van der Waals surface area (Å²) in [6, 6.07) is 5.52. The van der Waals surface area contributed by atoms with Crippen LogP contribution in [0.3, 0.4) is 0 Å². The van der Waals surface area contributed by atoms with Crippen molar-refractivity contribution in [3.8, 4) is 11.5 Å². The van der Waals surface area contributed by atoms with E-state index in [9.17, 15) is 4.79 Å². The lowest BCUT2D eigenvalue weighted by Crippen LogP contribution is -2.18. The lowest BCUT2D eigenvalue weighted by molar-refractivity contribution is 0.102. The molecule has 1 amide bonds. The zero-order valence-electron chi connectivity index (χ0n) is 13.1. The summed E-state index contributed by atoms with van der Waals surface area (Å²) >= 11 is 1.71. The molecule has 0 unspecified atom stereocenters. The first-order valence-electron chi connectivity index (χ1n) is 8.01. The van der Waals surface area contributed by atoms with Gasteiger partial charge in [-0.3, -0.25) is 4.79 Å². The standard InChI is InChI=1S/C18H19NO3S/c1-11-2-4-13-14(10-23-17(13)8-11)18(20)19-12-3-5-15-16(9-12)22-7-6-21-15/h3,5,9-11H,2,4,6-8H2,1H3,(H,19,20)/t11-/m1/s1. The molecule has 0 bridgehead atoms. The zero-order chi connectivity index (χ0) is 15.8. The predicted octanol–water partition coefficient (Wildman–Crippen LogP) is 3.90. The number of carbonyl (C=O) groups is 1. The molecule has 4 rings (SSSR count). The number of anilines is 1. The van der Waals surface area contributed by atoms with Crippen molar-refractivity contribution >= 4 is 22.9 Å². The monoisotopic (exact) mass is 329 g/mol. The van der Waals surface area contributed by atoms with Gasteiger partial charge in [0.1, 0.15) is 13.2 Å². The molecule has 120 valence electrons. The Hall–Kier alpha value is -2.01. The number of thiophene rings is 1. The van der Waals surface area contributed by atoms with Crippen LogP contribution >= 0.6 is 11.3 Å². The summed E-state index contributed by atoms with van der Waals surface area (Å²) in [5.74, 6) is 2.11. The van der Waals surface area contributed by atoms with E-state index in [-0.39, 0.29) is 5.91 Å². The minimum atomic E-state index is -0.0336. The fourth-order valence-corrected chi connectivity index (χ4v) is 4.43. The Morgan fingerprint density at radius 3 is 2.96 bits per heavy atom. The average molecular weight is 329 g/mol. The summed E-state index contributed by atoms with van der Waals surface area (Å²) < 4.78 is 11.1. The highest BCUT2D eigenvalue weighted by Crippen LogP contribution is 2.35. The van der Waals surface area contributed by atoms with Crippen molar-refractivity contribution in [3.05, 3.63) is 39.6 Å². The Kier molecular flexibility index (Phi) is 3.73. The minimum absolute atomic E-state index is 0.0336. The van der Waals surface area contributed by atoms with Crippen molar-refractivity contribution in [3.63, 3.8) is 0 Å². The van der Waals surface area contributed by atoms with Gasteiger partial charge in [0, 0.05) is 22.0 Å². The molecule has 2 aromatic rings. The van der Waals surface area contributed by atoms with Crippen LogP contribution in [-0.2, 0) is 12.8 Å². The summed E-state index contributed by atoms with van der Waals surface area (Å²) in [5.41, 5.74) is 2.80. The number of amides is 1. The number of hydrogen-bond acceptors (Lipinski definition) is 4. The van der Waals surface area contributed by atoms with Crippen LogP contribution in [0.1, 0.15) is 34.1 Å². The van der Waals surface area contributed by atoms with E-state index in [2.05, 4.69) is 12.2 Å². The molecule has 1 aliphatic heterocycles. The predicted molar refractivity (Wildman–Crippen MR) is 90.9 cm³/mol. The van der Waals surface area contributed by atoms with E-state index in [0.717, 1.165) is 42.2 Å². The molecule has 1 aromatic carbocycles. The summed E-state index contributed by atoms with van der Waals surface area (Å²) in [4.78, 5) is 14.0. The van der Waals surface area contributed by atoms with Gasteiger partial charge in [-0.2, -0.15) is 0 Å². The topological polar surface area (TPSA) is 47.6 Å².